The van der Waals surface area contributed by atoms with Crippen LogP contribution < -0.4 is 0 Å². The van der Waals surface area contributed by atoms with Crippen molar-refractivity contribution in [3.8, 4) is 0 Å². The van der Waals surface area contributed by atoms with Gasteiger partial charge in [-0.05, 0) is 53.4 Å². The number of nitrogens with zero attached hydrogens (tertiary/aromatic N) is 3. The number of rotatable bonds is 7. The number of amides is 1. The molecule has 1 amide bonds. The first-order chi connectivity index (χ1) is 12.6. The molecule has 1 aliphatic heterocycles. The van der Waals surface area contributed by atoms with Crippen molar-refractivity contribution in [1.82, 2.24) is 14.7 Å². The Morgan fingerprint density at radius 2 is 1.85 bits per heavy atom. The third-order valence-corrected chi connectivity index (χ3v) is 6.20. The summed E-state index contributed by atoms with van der Waals surface area (Å²) in [6, 6.07) is 10.8. The van der Waals surface area contributed by atoms with Crippen LogP contribution in [0.1, 0.15) is 11.1 Å². The largest absolute Gasteiger partial charge is 0.339 e. The average Bonchev–Trinajstić information content (AvgIpc) is 3.16. The van der Waals surface area contributed by atoms with Crippen molar-refractivity contribution in [3.63, 3.8) is 0 Å². The summed E-state index contributed by atoms with van der Waals surface area (Å²) >= 11 is 3.49. The van der Waals surface area contributed by atoms with E-state index < -0.39 is 0 Å². The molecule has 1 aromatic carbocycles. The van der Waals surface area contributed by atoms with Gasteiger partial charge in [0.2, 0.25) is 5.91 Å². The summed E-state index contributed by atoms with van der Waals surface area (Å²) in [6.07, 6.45) is 2.08. The first-order valence-corrected chi connectivity index (χ1v) is 11.1. The van der Waals surface area contributed by atoms with Gasteiger partial charge < -0.3 is 4.90 Å². The SMILES string of the molecule is CSc1ccc(CN(C)CC(=O)N2CCN(Cc3ccsc3)CC2)cc1. The minimum atomic E-state index is 0.239. The van der Waals surface area contributed by atoms with Crippen molar-refractivity contribution in [2.45, 2.75) is 18.0 Å². The summed E-state index contributed by atoms with van der Waals surface area (Å²) in [5, 5.41) is 4.33. The standard InChI is InChI=1S/C20H27N3OS2/c1-21(13-17-3-5-19(25-2)6-4-17)15-20(24)23-10-8-22(9-11-23)14-18-7-12-26-16-18/h3-7,12,16H,8-11,13-15H2,1-2H3. The Hall–Kier alpha value is -1.34. The van der Waals surface area contributed by atoms with E-state index in [0.29, 0.717) is 6.54 Å². The molecule has 0 N–H and O–H groups in total. The third-order valence-electron chi connectivity index (χ3n) is 4.73. The molecule has 1 aliphatic rings. The lowest BCUT2D eigenvalue weighted by molar-refractivity contribution is -0.134. The van der Waals surface area contributed by atoms with E-state index in [2.05, 4.69) is 57.1 Å². The molecule has 0 saturated carbocycles. The van der Waals surface area contributed by atoms with Gasteiger partial charge >= 0.3 is 0 Å². The van der Waals surface area contributed by atoms with Crippen LogP contribution in [0, 0.1) is 0 Å². The molecule has 0 radical (unpaired) electrons. The molecular weight excluding hydrogens is 362 g/mol. The van der Waals surface area contributed by atoms with E-state index in [4.69, 9.17) is 0 Å². The quantitative estimate of drug-likeness (QED) is 0.679. The second-order valence-corrected chi connectivity index (χ2v) is 8.47. The Bertz CT molecular complexity index is 680. The van der Waals surface area contributed by atoms with Gasteiger partial charge in [0, 0.05) is 44.2 Å². The maximum Gasteiger partial charge on any atom is 0.236 e. The molecule has 140 valence electrons. The van der Waals surface area contributed by atoms with Gasteiger partial charge in [-0.1, -0.05) is 12.1 Å². The van der Waals surface area contributed by atoms with E-state index in [9.17, 15) is 4.79 Å². The predicted molar refractivity (Wildman–Crippen MR) is 111 cm³/mol. The maximum absolute atomic E-state index is 12.6. The van der Waals surface area contributed by atoms with Gasteiger partial charge in [-0.25, -0.2) is 0 Å². The number of benzene rings is 1. The average molecular weight is 390 g/mol. The molecule has 0 spiro atoms. The molecule has 26 heavy (non-hydrogen) atoms. The zero-order valence-electron chi connectivity index (χ0n) is 15.6. The van der Waals surface area contributed by atoms with Crippen LogP contribution in [0.5, 0.6) is 0 Å². The fourth-order valence-electron chi connectivity index (χ4n) is 3.23. The highest BCUT2D eigenvalue weighted by molar-refractivity contribution is 7.98. The predicted octanol–water partition coefficient (Wildman–Crippen LogP) is 3.25. The van der Waals surface area contributed by atoms with E-state index in [0.717, 1.165) is 39.3 Å². The number of piperazine rings is 1. The molecule has 3 rings (SSSR count). The van der Waals surface area contributed by atoms with Crippen molar-refractivity contribution < 1.29 is 4.79 Å². The topological polar surface area (TPSA) is 26.8 Å². The fraction of sp³-hybridized carbons (Fsp3) is 0.450. The van der Waals surface area contributed by atoms with Gasteiger partial charge in [0.15, 0.2) is 0 Å². The Morgan fingerprint density at radius 1 is 1.12 bits per heavy atom. The third kappa shape index (κ3) is 5.58. The lowest BCUT2D eigenvalue weighted by Gasteiger charge is -2.35. The minimum Gasteiger partial charge on any atom is -0.339 e. The molecule has 1 aromatic heterocycles. The van der Waals surface area contributed by atoms with Crippen molar-refractivity contribution in [2.24, 2.45) is 0 Å². The number of likely N-dealkylation sites (N-methyl/N-ethyl adjacent to an activating group) is 1. The summed E-state index contributed by atoms with van der Waals surface area (Å²) in [5.74, 6) is 0.239. The molecule has 1 fully saturated rings. The molecule has 0 bridgehead atoms. The van der Waals surface area contributed by atoms with Crippen molar-refractivity contribution in [2.75, 3.05) is 46.0 Å². The lowest BCUT2D eigenvalue weighted by atomic mass is 10.2. The normalized spacial score (nSPS) is 15.6. The van der Waals surface area contributed by atoms with E-state index in [1.807, 2.05) is 11.9 Å². The summed E-state index contributed by atoms with van der Waals surface area (Å²) in [4.78, 5) is 20.4. The Balaban J connectivity index is 1.41. The van der Waals surface area contributed by atoms with Gasteiger partial charge in [0.25, 0.3) is 0 Å². The van der Waals surface area contributed by atoms with Crippen molar-refractivity contribution in [1.29, 1.82) is 0 Å². The fourth-order valence-corrected chi connectivity index (χ4v) is 4.29. The van der Waals surface area contributed by atoms with E-state index in [-0.39, 0.29) is 5.91 Å². The Kier molecular flexibility index (Phi) is 7.14. The zero-order chi connectivity index (χ0) is 18.4. The van der Waals surface area contributed by atoms with Crippen LogP contribution in [-0.2, 0) is 17.9 Å². The smallest absolute Gasteiger partial charge is 0.236 e. The number of carbonyl (C=O) groups is 1. The molecule has 0 atom stereocenters. The first kappa shape index (κ1) is 19.4. The number of thioether (sulfide) groups is 1. The highest BCUT2D eigenvalue weighted by atomic mass is 32.2. The number of hydrogen-bond acceptors (Lipinski definition) is 5. The molecule has 1 saturated heterocycles. The van der Waals surface area contributed by atoms with Crippen LogP contribution in [0.2, 0.25) is 0 Å². The van der Waals surface area contributed by atoms with Crippen LogP contribution in [0.25, 0.3) is 0 Å². The van der Waals surface area contributed by atoms with Gasteiger partial charge in [0.1, 0.15) is 0 Å². The molecule has 2 aromatic rings. The molecule has 0 unspecified atom stereocenters. The van der Waals surface area contributed by atoms with Crippen molar-refractivity contribution >= 4 is 29.0 Å². The summed E-state index contributed by atoms with van der Waals surface area (Å²) < 4.78 is 0. The molecule has 0 aliphatic carbocycles. The summed E-state index contributed by atoms with van der Waals surface area (Å²) in [5.41, 5.74) is 2.63. The zero-order valence-corrected chi connectivity index (χ0v) is 17.2. The Morgan fingerprint density at radius 3 is 2.46 bits per heavy atom. The second-order valence-electron chi connectivity index (χ2n) is 6.81. The van der Waals surface area contributed by atoms with E-state index >= 15 is 0 Å². The van der Waals surface area contributed by atoms with Gasteiger partial charge in [-0.3, -0.25) is 14.6 Å². The number of thiophene rings is 1. The maximum atomic E-state index is 12.6. The van der Waals surface area contributed by atoms with E-state index in [1.165, 1.54) is 16.0 Å². The number of hydrogen-bond donors (Lipinski definition) is 0. The lowest BCUT2D eigenvalue weighted by Crippen LogP contribution is -2.50. The highest BCUT2D eigenvalue weighted by Gasteiger charge is 2.22. The van der Waals surface area contributed by atoms with Crippen LogP contribution in [0.15, 0.2) is 46.0 Å². The van der Waals surface area contributed by atoms with Gasteiger partial charge in [0.05, 0.1) is 6.54 Å². The summed E-state index contributed by atoms with van der Waals surface area (Å²) in [6.45, 7) is 5.87. The van der Waals surface area contributed by atoms with Crippen molar-refractivity contribution in [3.05, 3.63) is 52.2 Å². The molecule has 4 nitrogen and oxygen atoms in total. The van der Waals surface area contributed by atoms with E-state index in [1.54, 1.807) is 23.1 Å². The minimum absolute atomic E-state index is 0.239. The van der Waals surface area contributed by atoms with Crippen LogP contribution in [0.3, 0.4) is 0 Å². The van der Waals surface area contributed by atoms with Gasteiger partial charge in [-0.2, -0.15) is 11.3 Å². The number of carbonyl (C=O) groups excluding carboxylic acids is 1. The molecule has 2 heterocycles. The Labute approximate surface area is 164 Å². The van der Waals surface area contributed by atoms with Crippen LogP contribution in [-0.4, -0.2) is 66.6 Å². The van der Waals surface area contributed by atoms with Gasteiger partial charge in [-0.15, -0.1) is 11.8 Å². The van der Waals surface area contributed by atoms with Crippen LogP contribution in [0.4, 0.5) is 0 Å². The molecule has 6 heteroatoms. The highest BCUT2D eigenvalue weighted by Crippen LogP contribution is 2.16. The monoisotopic (exact) mass is 389 g/mol. The summed E-state index contributed by atoms with van der Waals surface area (Å²) in [7, 11) is 2.02. The first-order valence-electron chi connectivity index (χ1n) is 8.97. The molecular formula is C20H27N3OS2. The second kappa shape index (κ2) is 9.55. The van der Waals surface area contributed by atoms with Crippen LogP contribution >= 0.6 is 23.1 Å².